The molecule has 0 fully saturated rings. The van der Waals surface area contributed by atoms with E-state index in [0.29, 0.717) is 17.2 Å². The van der Waals surface area contributed by atoms with E-state index in [-0.39, 0.29) is 5.97 Å². The summed E-state index contributed by atoms with van der Waals surface area (Å²) in [5.41, 5.74) is 3.47. The van der Waals surface area contributed by atoms with Crippen LogP contribution in [0.25, 0.3) is 11.1 Å². The molecular formula is C18H20O3. The van der Waals surface area contributed by atoms with Crippen molar-refractivity contribution >= 4 is 5.97 Å². The molecule has 2 aromatic rings. The number of hydrogen-bond donors (Lipinski definition) is 0. The Labute approximate surface area is 125 Å². The molecular weight excluding hydrogens is 264 g/mol. The highest BCUT2D eigenvalue weighted by Gasteiger charge is 2.17. The van der Waals surface area contributed by atoms with Crippen molar-refractivity contribution in [2.45, 2.75) is 19.8 Å². The monoisotopic (exact) mass is 284 g/mol. The van der Waals surface area contributed by atoms with E-state index >= 15 is 0 Å². The van der Waals surface area contributed by atoms with E-state index in [1.165, 1.54) is 12.7 Å². The number of hydrogen-bond acceptors (Lipinski definition) is 3. The highest BCUT2D eigenvalue weighted by atomic mass is 16.5. The van der Waals surface area contributed by atoms with E-state index in [1.54, 1.807) is 19.2 Å². The zero-order valence-electron chi connectivity index (χ0n) is 12.8. The fourth-order valence-corrected chi connectivity index (χ4v) is 2.31. The molecule has 2 aromatic carbocycles. The van der Waals surface area contributed by atoms with Crippen LogP contribution in [0.1, 0.15) is 35.7 Å². The molecule has 0 heterocycles. The molecule has 3 nitrogen and oxygen atoms in total. The van der Waals surface area contributed by atoms with E-state index in [2.05, 4.69) is 26.0 Å². The molecule has 0 aliphatic rings. The highest BCUT2D eigenvalue weighted by Crippen LogP contribution is 2.34. The van der Waals surface area contributed by atoms with Crippen LogP contribution in [0.4, 0.5) is 0 Å². The normalized spacial score (nSPS) is 10.5. The lowest BCUT2D eigenvalue weighted by Crippen LogP contribution is -2.05. The van der Waals surface area contributed by atoms with E-state index in [9.17, 15) is 4.79 Å². The summed E-state index contributed by atoms with van der Waals surface area (Å²) in [5.74, 6) is 0.767. The quantitative estimate of drug-likeness (QED) is 0.786. The van der Waals surface area contributed by atoms with Crippen LogP contribution in [0.2, 0.25) is 0 Å². The Morgan fingerprint density at radius 3 is 2.19 bits per heavy atom. The highest BCUT2D eigenvalue weighted by molar-refractivity contribution is 5.99. The molecule has 0 radical (unpaired) electrons. The minimum Gasteiger partial charge on any atom is -0.496 e. The van der Waals surface area contributed by atoms with Gasteiger partial charge in [-0.25, -0.2) is 4.79 Å². The first-order valence-corrected chi connectivity index (χ1v) is 6.94. The first-order valence-electron chi connectivity index (χ1n) is 6.94. The lowest BCUT2D eigenvalue weighted by molar-refractivity contribution is 0.0601. The second-order valence-corrected chi connectivity index (χ2v) is 5.15. The molecule has 2 rings (SSSR count). The molecule has 21 heavy (non-hydrogen) atoms. The van der Waals surface area contributed by atoms with Gasteiger partial charge < -0.3 is 9.47 Å². The predicted molar refractivity (Wildman–Crippen MR) is 83.9 cm³/mol. The topological polar surface area (TPSA) is 35.5 Å². The second-order valence-electron chi connectivity index (χ2n) is 5.15. The largest absolute Gasteiger partial charge is 0.496 e. The Kier molecular flexibility index (Phi) is 4.63. The Balaban J connectivity index is 2.58. The van der Waals surface area contributed by atoms with Crippen LogP contribution in [0, 0.1) is 0 Å². The summed E-state index contributed by atoms with van der Waals surface area (Å²) >= 11 is 0. The van der Waals surface area contributed by atoms with Gasteiger partial charge in [0.1, 0.15) is 5.75 Å². The molecule has 0 aliphatic heterocycles. The maximum Gasteiger partial charge on any atom is 0.338 e. The van der Waals surface area contributed by atoms with Crippen LogP contribution >= 0.6 is 0 Å². The summed E-state index contributed by atoms with van der Waals surface area (Å²) < 4.78 is 10.3. The fourth-order valence-electron chi connectivity index (χ4n) is 2.31. The Hall–Kier alpha value is -2.29. The fraction of sp³-hybridized carbons (Fsp3) is 0.278. The van der Waals surface area contributed by atoms with Crippen LogP contribution in [-0.2, 0) is 4.74 Å². The van der Waals surface area contributed by atoms with Crippen LogP contribution in [-0.4, -0.2) is 20.2 Å². The van der Waals surface area contributed by atoms with Crippen molar-refractivity contribution in [1.82, 2.24) is 0 Å². The summed E-state index contributed by atoms with van der Waals surface area (Å²) in [6.07, 6.45) is 0. The third-order valence-corrected chi connectivity index (χ3v) is 3.52. The summed E-state index contributed by atoms with van der Waals surface area (Å²) in [4.78, 5) is 12.0. The van der Waals surface area contributed by atoms with E-state index < -0.39 is 0 Å². The molecule has 110 valence electrons. The van der Waals surface area contributed by atoms with Gasteiger partial charge in [-0.2, -0.15) is 0 Å². The minimum atomic E-state index is -0.364. The molecule has 0 bridgehead atoms. The maximum absolute atomic E-state index is 12.0. The molecule has 0 unspecified atom stereocenters. The van der Waals surface area contributed by atoms with Crippen molar-refractivity contribution in [2.24, 2.45) is 0 Å². The summed E-state index contributed by atoms with van der Waals surface area (Å²) in [5, 5.41) is 0. The third kappa shape index (κ3) is 3.07. The third-order valence-electron chi connectivity index (χ3n) is 3.52. The van der Waals surface area contributed by atoms with E-state index in [1.807, 2.05) is 18.2 Å². The number of esters is 1. The predicted octanol–water partition coefficient (Wildman–Crippen LogP) is 4.27. The first kappa shape index (κ1) is 15.1. The van der Waals surface area contributed by atoms with Gasteiger partial charge in [0.15, 0.2) is 0 Å². The van der Waals surface area contributed by atoms with Gasteiger partial charge in [0, 0.05) is 5.56 Å². The maximum atomic E-state index is 12.0. The van der Waals surface area contributed by atoms with Crippen LogP contribution in [0.15, 0.2) is 42.5 Å². The van der Waals surface area contributed by atoms with Crippen molar-refractivity contribution in [2.75, 3.05) is 14.2 Å². The zero-order chi connectivity index (χ0) is 15.4. The number of carbonyl (C=O) groups excluding carboxylic acids is 1. The molecule has 0 saturated heterocycles. The second kappa shape index (κ2) is 6.44. The van der Waals surface area contributed by atoms with Gasteiger partial charge in [0.05, 0.1) is 19.8 Å². The Morgan fingerprint density at radius 2 is 1.67 bits per heavy atom. The SMILES string of the molecule is COC(=O)c1cccc(OC)c1-c1ccc(C(C)C)cc1. The molecule has 0 spiro atoms. The summed E-state index contributed by atoms with van der Waals surface area (Å²) in [6, 6.07) is 13.6. The van der Waals surface area contributed by atoms with Crippen LogP contribution in [0.5, 0.6) is 5.75 Å². The van der Waals surface area contributed by atoms with Gasteiger partial charge in [0.25, 0.3) is 0 Å². The van der Waals surface area contributed by atoms with Gasteiger partial charge in [-0.05, 0) is 29.2 Å². The molecule has 0 amide bonds. The number of ether oxygens (including phenoxy) is 2. The lowest BCUT2D eigenvalue weighted by atomic mass is 9.95. The van der Waals surface area contributed by atoms with Gasteiger partial charge >= 0.3 is 5.97 Å². The van der Waals surface area contributed by atoms with Crippen molar-refractivity contribution in [1.29, 1.82) is 0 Å². The van der Waals surface area contributed by atoms with Crippen molar-refractivity contribution in [3.05, 3.63) is 53.6 Å². The van der Waals surface area contributed by atoms with Crippen molar-refractivity contribution in [3.63, 3.8) is 0 Å². The number of methoxy groups -OCH3 is 2. The van der Waals surface area contributed by atoms with Gasteiger partial charge in [-0.15, -0.1) is 0 Å². The van der Waals surface area contributed by atoms with Gasteiger partial charge in [-0.3, -0.25) is 0 Å². The lowest BCUT2D eigenvalue weighted by Gasteiger charge is -2.14. The van der Waals surface area contributed by atoms with Crippen LogP contribution in [0.3, 0.4) is 0 Å². The number of rotatable bonds is 4. The zero-order valence-corrected chi connectivity index (χ0v) is 12.8. The molecule has 0 aromatic heterocycles. The average molecular weight is 284 g/mol. The Bertz CT molecular complexity index is 627. The average Bonchev–Trinajstić information content (AvgIpc) is 2.53. The Morgan fingerprint density at radius 1 is 1.00 bits per heavy atom. The summed E-state index contributed by atoms with van der Waals surface area (Å²) in [6.45, 7) is 4.30. The van der Waals surface area contributed by atoms with Gasteiger partial charge in [0.2, 0.25) is 0 Å². The molecule has 0 atom stereocenters. The van der Waals surface area contributed by atoms with Crippen molar-refractivity contribution < 1.29 is 14.3 Å². The van der Waals surface area contributed by atoms with Crippen LogP contribution < -0.4 is 4.74 Å². The number of carbonyl (C=O) groups is 1. The van der Waals surface area contributed by atoms with E-state index in [0.717, 1.165) is 11.1 Å². The molecule has 3 heteroatoms. The first-order chi connectivity index (χ1) is 10.1. The van der Waals surface area contributed by atoms with Gasteiger partial charge in [-0.1, -0.05) is 44.2 Å². The van der Waals surface area contributed by atoms with E-state index in [4.69, 9.17) is 9.47 Å². The summed E-state index contributed by atoms with van der Waals surface area (Å²) in [7, 11) is 2.98. The number of benzene rings is 2. The molecule has 0 N–H and O–H groups in total. The minimum absolute atomic E-state index is 0.364. The van der Waals surface area contributed by atoms with Crippen molar-refractivity contribution in [3.8, 4) is 16.9 Å². The molecule has 0 aliphatic carbocycles. The smallest absolute Gasteiger partial charge is 0.338 e. The standard InChI is InChI=1S/C18H20O3/c1-12(2)13-8-10-14(11-9-13)17-15(18(19)21-4)6-5-7-16(17)20-3/h5-12H,1-4H3. The molecule has 0 saturated carbocycles.